The first-order chi connectivity index (χ1) is 8.99. The largest absolute Gasteiger partial charge is 0.326 e. The lowest BCUT2D eigenvalue weighted by Gasteiger charge is -2.24. The van der Waals surface area contributed by atoms with Crippen molar-refractivity contribution < 1.29 is 0 Å². The SMILES string of the molecule is CCCn1c(C(C)(N)CCC)nc2cc(C)ccc21. The summed E-state index contributed by atoms with van der Waals surface area (Å²) in [4.78, 5) is 4.82. The first-order valence-electron chi connectivity index (χ1n) is 7.26. The molecule has 0 amide bonds. The molecule has 3 heteroatoms. The minimum atomic E-state index is -0.350. The van der Waals surface area contributed by atoms with Crippen molar-refractivity contribution in [2.75, 3.05) is 0 Å². The Hall–Kier alpha value is -1.35. The van der Waals surface area contributed by atoms with Crippen LogP contribution in [0, 0.1) is 6.92 Å². The van der Waals surface area contributed by atoms with Gasteiger partial charge in [-0.3, -0.25) is 0 Å². The van der Waals surface area contributed by atoms with E-state index >= 15 is 0 Å². The van der Waals surface area contributed by atoms with Crippen molar-refractivity contribution in [2.24, 2.45) is 5.73 Å². The van der Waals surface area contributed by atoms with Crippen molar-refractivity contribution in [1.29, 1.82) is 0 Å². The zero-order valence-corrected chi connectivity index (χ0v) is 12.5. The first-order valence-corrected chi connectivity index (χ1v) is 7.26. The van der Waals surface area contributed by atoms with E-state index in [0.29, 0.717) is 0 Å². The van der Waals surface area contributed by atoms with E-state index in [2.05, 4.69) is 50.5 Å². The van der Waals surface area contributed by atoms with Gasteiger partial charge in [-0.2, -0.15) is 0 Å². The van der Waals surface area contributed by atoms with E-state index in [-0.39, 0.29) is 5.54 Å². The van der Waals surface area contributed by atoms with Gasteiger partial charge in [0, 0.05) is 6.54 Å². The number of fused-ring (bicyclic) bond motifs is 1. The van der Waals surface area contributed by atoms with Crippen molar-refractivity contribution >= 4 is 11.0 Å². The van der Waals surface area contributed by atoms with Crippen molar-refractivity contribution in [3.63, 3.8) is 0 Å². The molecule has 0 radical (unpaired) electrons. The molecule has 2 N–H and O–H groups in total. The summed E-state index contributed by atoms with van der Waals surface area (Å²) < 4.78 is 2.30. The number of hydrogen-bond acceptors (Lipinski definition) is 2. The van der Waals surface area contributed by atoms with E-state index in [0.717, 1.165) is 37.1 Å². The molecule has 0 fully saturated rings. The molecule has 2 aromatic rings. The summed E-state index contributed by atoms with van der Waals surface area (Å²) in [7, 11) is 0. The Balaban J connectivity index is 2.62. The van der Waals surface area contributed by atoms with Crippen LogP contribution < -0.4 is 5.73 Å². The molecule has 1 atom stereocenters. The molecule has 0 aliphatic carbocycles. The highest BCUT2D eigenvalue weighted by molar-refractivity contribution is 5.77. The highest BCUT2D eigenvalue weighted by atomic mass is 15.1. The van der Waals surface area contributed by atoms with E-state index in [1.54, 1.807) is 0 Å². The molecule has 1 heterocycles. The van der Waals surface area contributed by atoms with Crippen LogP contribution in [-0.2, 0) is 12.1 Å². The fraction of sp³-hybridized carbons (Fsp3) is 0.562. The summed E-state index contributed by atoms with van der Waals surface area (Å²) in [6, 6.07) is 6.46. The smallest absolute Gasteiger partial charge is 0.129 e. The van der Waals surface area contributed by atoms with Crippen LogP contribution in [0.15, 0.2) is 18.2 Å². The average molecular weight is 259 g/mol. The van der Waals surface area contributed by atoms with Crippen molar-refractivity contribution in [3.8, 4) is 0 Å². The van der Waals surface area contributed by atoms with Crippen LogP contribution in [0.5, 0.6) is 0 Å². The van der Waals surface area contributed by atoms with E-state index in [1.807, 2.05) is 0 Å². The van der Waals surface area contributed by atoms with Gasteiger partial charge < -0.3 is 10.3 Å². The molecule has 1 aromatic heterocycles. The lowest BCUT2D eigenvalue weighted by molar-refractivity contribution is 0.400. The number of nitrogens with zero attached hydrogens (tertiary/aromatic N) is 2. The second-order valence-electron chi connectivity index (χ2n) is 5.75. The topological polar surface area (TPSA) is 43.8 Å². The van der Waals surface area contributed by atoms with Crippen LogP contribution in [0.4, 0.5) is 0 Å². The Morgan fingerprint density at radius 1 is 1.26 bits per heavy atom. The standard InChI is InChI=1S/C16H25N3/c1-5-9-16(4,17)15-18-13-11-12(3)7-8-14(13)19(15)10-6-2/h7-8,11H,5-6,9-10,17H2,1-4H3. The van der Waals surface area contributed by atoms with Crippen LogP contribution in [0.25, 0.3) is 11.0 Å². The van der Waals surface area contributed by atoms with Crippen LogP contribution in [0.3, 0.4) is 0 Å². The van der Waals surface area contributed by atoms with E-state index in [4.69, 9.17) is 10.7 Å². The summed E-state index contributed by atoms with van der Waals surface area (Å²) in [5.74, 6) is 1.02. The molecule has 0 saturated carbocycles. The summed E-state index contributed by atoms with van der Waals surface area (Å²) >= 11 is 0. The normalized spacial score (nSPS) is 14.8. The zero-order valence-electron chi connectivity index (χ0n) is 12.5. The molecule has 1 unspecified atom stereocenters. The highest BCUT2D eigenvalue weighted by Gasteiger charge is 2.27. The molecule has 0 spiro atoms. The molecule has 2 rings (SSSR count). The molecule has 104 valence electrons. The van der Waals surface area contributed by atoms with Gasteiger partial charge in [-0.15, -0.1) is 0 Å². The van der Waals surface area contributed by atoms with Gasteiger partial charge in [0.15, 0.2) is 0 Å². The minimum absolute atomic E-state index is 0.350. The van der Waals surface area contributed by atoms with Crippen LogP contribution in [-0.4, -0.2) is 9.55 Å². The number of aryl methyl sites for hydroxylation is 2. The minimum Gasteiger partial charge on any atom is -0.326 e. The number of imidazole rings is 1. The van der Waals surface area contributed by atoms with E-state index in [1.165, 1.54) is 11.1 Å². The molecule has 0 aliphatic rings. The van der Waals surface area contributed by atoms with Crippen LogP contribution in [0.2, 0.25) is 0 Å². The molecule has 19 heavy (non-hydrogen) atoms. The monoisotopic (exact) mass is 259 g/mol. The number of benzene rings is 1. The maximum Gasteiger partial charge on any atom is 0.129 e. The zero-order chi connectivity index (χ0) is 14.0. The van der Waals surface area contributed by atoms with Crippen LogP contribution >= 0.6 is 0 Å². The Morgan fingerprint density at radius 3 is 2.63 bits per heavy atom. The van der Waals surface area contributed by atoms with Gasteiger partial charge in [0.05, 0.1) is 16.6 Å². The lowest BCUT2D eigenvalue weighted by Crippen LogP contribution is -2.36. The second-order valence-corrected chi connectivity index (χ2v) is 5.75. The van der Waals surface area contributed by atoms with E-state index < -0.39 is 0 Å². The fourth-order valence-electron chi connectivity index (χ4n) is 2.76. The Morgan fingerprint density at radius 2 is 2.00 bits per heavy atom. The van der Waals surface area contributed by atoms with Gasteiger partial charge in [-0.05, 0) is 44.4 Å². The lowest BCUT2D eigenvalue weighted by atomic mass is 9.96. The second kappa shape index (κ2) is 5.33. The Bertz CT molecular complexity index is 567. The number of hydrogen-bond donors (Lipinski definition) is 1. The molecular formula is C16H25N3. The predicted octanol–water partition coefficient (Wildman–Crippen LogP) is 3.73. The number of nitrogens with two attached hydrogens (primary N) is 1. The van der Waals surface area contributed by atoms with Gasteiger partial charge in [0.25, 0.3) is 0 Å². The summed E-state index contributed by atoms with van der Waals surface area (Å²) in [6.07, 6.45) is 3.12. The van der Waals surface area contributed by atoms with Gasteiger partial charge >= 0.3 is 0 Å². The maximum absolute atomic E-state index is 6.50. The van der Waals surface area contributed by atoms with Gasteiger partial charge in [-0.1, -0.05) is 26.3 Å². The third kappa shape index (κ3) is 2.66. The third-order valence-corrected chi connectivity index (χ3v) is 3.63. The fourth-order valence-corrected chi connectivity index (χ4v) is 2.76. The van der Waals surface area contributed by atoms with Gasteiger partial charge in [-0.25, -0.2) is 4.98 Å². The van der Waals surface area contributed by atoms with Crippen molar-refractivity contribution in [3.05, 3.63) is 29.6 Å². The molecule has 0 bridgehead atoms. The van der Waals surface area contributed by atoms with Crippen molar-refractivity contribution in [2.45, 2.75) is 59.0 Å². The van der Waals surface area contributed by atoms with E-state index in [9.17, 15) is 0 Å². The highest BCUT2D eigenvalue weighted by Crippen LogP contribution is 2.27. The summed E-state index contributed by atoms with van der Waals surface area (Å²) in [5.41, 5.74) is 9.66. The van der Waals surface area contributed by atoms with Gasteiger partial charge in [0.2, 0.25) is 0 Å². The number of aromatic nitrogens is 2. The molecule has 3 nitrogen and oxygen atoms in total. The average Bonchev–Trinajstić information content (AvgIpc) is 2.68. The quantitative estimate of drug-likeness (QED) is 0.889. The molecule has 0 aliphatic heterocycles. The Kier molecular flexibility index (Phi) is 3.95. The van der Waals surface area contributed by atoms with Crippen molar-refractivity contribution in [1.82, 2.24) is 9.55 Å². The predicted molar refractivity (Wildman–Crippen MR) is 81.2 cm³/mol. The third-order valence-electron chi connectivity index (χ3n) is 3.63. The maximum atomic E-state index is 6.50. The van der Waals surface area contributed by atoms with Gasteiger partial charge in [0.1, 0.15) is 5.82 Å². The molecule has 0 saturated heterocycles. The summed E-state index contributed by atoms with van der Waals surface area (Å²) in [6.45, 7) is 9.54. The molecular weight excluding hydrogens is 234 g/mol. The molecule has 1 aromatic carbocycles. The number of rotatable bonds is 5. The van der Waals surface area contributed by atoms with Crippen LogP contribution in [0.1, 0.15) is 51.4 Å². The summed E-state index contributed by atoms with van der Waals surface area (Å²) in [5, 5.41) is 0. The first kappa shape index (κ1) is 14.1. The Labute approximate surface area is 115 Å².